The van der Waals surface area contributed by atoms with Crippen molar-refractivity contribution in [3.05, 3.63) is 88.6 Å². The maximum absolute atomic E-state index is 12.6. The quantitative estimate of drug-likeness (QED) is 0.574. The van der Waals surface area contributed by atoms with Gasteiger partial charge in [-0.15, -0.1) is 0 Å². The van der Waals surface area contributed by atoms with Crippen LogP contribution in [0.15, 0.2) is 71.9 Å². The smallest absolute Gasteiger partial charge is 0.267 e. The predicted molar refractivity (Wildman–Crippen MR) is 98.3 cm³/mol. The number of halogens is 3. The Kier molecular flexibility index (Phi) is 4.38. The van der Waals surface area contributed by atoms with E-state index in [1.165, 1.54) is 10.9 Å². The van der Waals surface area contributed by atoms with Crippen LogP contribution in [0.2, 0.25) is 0 Å². The third-order valence-electron chi connectivity index (χ3n) is 4.19. The third kappa shape index (κ3) is 3.47. The van der Waals surface area contributed by atoms with Crippen molar-refractivity contribution in [2.24, 2.45) is 0 Å². The number of benzene rings is 2. The van der Waals surface area contributed by atoms with Crippen LogP contribution in [0.1, 0.15) is 15.9 Å². The van der Waals surface area contributed by atoms with Gasteiger partial charge in [-0.1, -0.05) is 18.2 Å². The molecule has 0 radical (unpaired) electrons. The largest absolute Gasteiger partial charge is 0.416 e. The van der Waals surface area contributed by atoms with E-state index in [0.717, 1.165) is 35.3 Å². The van der Waals surface area contributed by atoms with Crippen molar-refractivity contribution in [1.82, 2.24) is 19.4 Å². The van der Waals surface area contributed by atoms with Crippen LogP contribution in [0.3, 0.4) is 0 Å². The lowest BCUT2D eigenvalue weighted by Gasteiger charge is -2.10. The molecule has 10 heteroatoms. The first-order valence-electron chi connectivity index (χ1n) is 8.34. The van der Waals surface area contributed by atoms with Crippen molar-refractivity contribution in [2.75, 3.05) is 5.43 Å². The van der Waals surface area contributed by atoms with Crippen LogP contribution in [0.5, 0.6) is 0 Å². The van der Waals surface area contributed by atoms with Gasteiger partial charge in [0.15, 0.2) is 5.65 Å². The normalized spacial score (nSPS) is 11.6. The Morgan fingerprint density at radius 1 is 1.00 bits per heavy atom. The number of aromatic nitrogens is 4. The minimum absolute atomic E-state index is 0.0371. The second-order valence-electron chi connectivity index (χ2n) is 6.06. The Hall–Kier alpha value is -3.95. The second kappa shape index (κ2) is 6.89. The van der Waals surface area contributed by atoms with Crippen LogP contribution in [0.4, 0.5) is 13.2 Å². The van der Waals surface area contributed by atoms with Crippen LogP contribution in [0.25, 0.3) is 16.7 Å². The van der Waals surface area contributed by atoms with Gasteiger partial charge < -0.3 is 0 Å². The van der Waals surface area contributed by atoms with Gasteiger partial charge in [0.2, 0.25) is 0 Å². The summed E-state index contributed by atoms with van der Waals surface area (Å²) in [6.45, 7) is 0. The van der Waals surface area contributed by atoms with Gasteiger partial charge in [0.1, 0.15) is 11.7 Å². The molecule has 0 fully saturated rings. The fraction of sp³-hybridized carbons (Fsp3) is 0.0526. The van der Waals surface area contributed by atoms with Crippen molar-refractivity contribution in [3.63, 3.8) is 0 Å². The first-order valence-corrected chi connectivity index (χ1v) is 8.34. The van der Waals surface area contributed by atoms with Crippen LogP contribution in [0, 0.1) is 0 Å². The fourth-order valence-electron chi connectivity index (χ4n) is 2.73. The number of alkyl halides is 3. The van der Waals surface area contributed by atoms with Gasteiger partial charge in [-0.3, -0.25) is 15.0 Å². The molecule has 0 spiro atoms. The Bertz CT molecular complexity index is 1250. The summed E-state index contributed by atoms with van der Waals surface area (Å²) < 4.78 is 40.2. The number of para-hydroxylation sites is 1. The van der Waals surface area contributed by atoms with Crippen LogP contribution >= 0.6 is 0 Å². The number of rotatable bonds is 3. The molecule has 0 aliphatic rings. The molecule has 29 heavy (non-hydrogen) atoms. The molecule has 4 rings (SSSR count). The van der Waals surface area contributed by atoms with E-state index in [-0.39, 0.29) is 10.9 Å². The van der Waals surface area contributed by atoms with Crippen molar-refractivity contribution >= 4 is 16.9 Å². The highest BCUT2D eigenvalue weighted by Crippen LogP contribution is 2.29. The van der Waals surface area contributed by atoms with E-state index < -0.39 is 23.2 Å². The van der Waals surface area contributed by atoms with E-state index in [9.17, 15) is 22.8 Å². The summed E-state index contributed by atoms with van der Waals surface area (Å²) in [5, 5.41) is 4.33. The zero-order valence-electron chi connectivity index (χ0n) is 14.6. The maximum Gasteiger partial charge on any atom is 0.416 e. The number of nitrogens with zero attached hydrogens (tertiary/aromatic N) is 4. The number of nitrogens with one attached hydrogen (secondary N) is 1. The molecule has 146 valence electrons. The van der Waals surface area contributed by atoms with Gasteiger partial charge in [0, 0.05) is 5.56 Å². The molecule has 7 nitrogen and oxygen atoms in total. The van der Waals surface area contributed by atoms with Gasteiger partial charge in [-0.2, -0.15) is 18.3 Å². The molecule has 2 aromatic carbocycles. The fourth-order valence-corrected chi connectivity index (χ4v) is 2.73. The first-order chi connectivity index (χ1) is 13.8. The van der Waals surface area contributed by atoms with E-state index in [1.807, 2.05) is 18.2 Å². The van der Waals surface area contributed by atoms with Gasteiger partial charge in [0.05, 0.1) is 17.4 Å². The van der Waals surface area contributed by atoms with Crippen molar-refractivity contribution in [2.45, 2.75) is 6.18 Å². The highest BCUT2D eigenvalue weighted by molar-refractivity contribution is 6.00. The Morgan fingerprint density at radius 3 is 2.34 bits per heavy atom. The zero-order chi connectivity index (χ0) is 20.6. The first kappa shape index (κ1) is 18.4. The Labute approximate surface area is 161 Å². The van der Waals surface area contributed by atoms with Gasteiger partial charge in [-0.05, 0) is 36.4 Å². The average molecular weight is 399 g/mol. The van der Waals surface area contributed by atoms with Crippen LogP contribution < -0.4 is 11.0 Å². The number of hydrogen-bond acceptors (Lipinski definition) is 4. The lowest BCUT2D eigenvalue weighted by Crippen LogP contribution is -2.33. The molecule has 4 aromatic rings. The number of hydrogen-bond donors (Lipinski definition) is 1. The standard InChI is InChI=1S/C19H12F3N5O2/c20-19(21,22)13-8-6-12(7-9-13)17(28)25-26-11-23-16-15(18(26)29)10-24-27(16)14-4-2-1-3-5-14/h1-11H,(H,25,28). The number of amides is 1. The molecule has 0 aliphatic carbocycles. The van der Waals surface area contributed by atoms with Crippen molar-refractivity contribution in [1.29, 1.82) is 0 Å². The Balaban J connectivity index is 1.63. The molecule has 0 saturated carbocycles. The lowest BCUT2D eigenvalue weighted by molar-refractivity contribution is -0.137. The molecule has 0 atom stereocenters. The molecule has 1 N–H and O–H groups in total. The van der Waals surface area contributed by atoms with Crippen LogP contribution in [-0.4, -0.2) is 25.3 Å². The summed E-state index contributed by atoms with van der Waals surface area (Å²) >= 11 is 0. The molecule has 1 amide bonds. The molecule has 0 unspecified atom stereocenters. The summed E-state index contributed by atoms with van der Waals surface area (Å²) in [5.41, 5.74) is 1.84. The monoisotopic (exact) mass is 399 g/mol. The number of carbonyl (C=O) groups excluding carboxylic acids is 1. The summed E-state index contributed by atoms with van der Waals surface area (Å²) in [4.78, 5) is 29.1. The van der Waals surface area contributed by atoms with Crippen LogP contribution in [-0.2, 0) is 6.18 Å². The summed E-state index contributed by atoms with van der Waals surface area (Å²) in [6, 6.07) is 12.7. The predicted octanol–water partition coefficient (Wildman–Crippen LogP) is 2.98. The highest BCUT2D eigenvalue weighted by atomic mass is 19.4. The molecule has 2 aromatic heterocycles. The maximum atomic E-state index is 12.6. The van der Waals surface area contributed by atoms with Gasteiger partial charge in [0.25, 0.3) is 11.5 Å². The highest BCUT2D eigenvalue weighted by Gasteiger charge is 2.30. The summed E-state index contributed by atoms with van der Waals surface area (Å²) in [5.74, 6) is -0.752. The number of fused-ring (bicyclic) bond motifs is 1. The molecule has 0 bridgehead atoms. The lowest BCUT2D eigenvalue weighted by atomic mass is 10.1. The molecule has 2 heterocycles. The minimum Gasteiger partial charge on any atom is -0.267 e. The molecular weight excluding hydrogens is 387 g/mol. The SMILES string of the molecule is O=C(Nn1cnc2c(cnn2-c2ccccc2)c1=O)c1ccc(C(F)(F)F)cc1. The van der Waals surface area contributed by atoms with E-state index in [2.05, 4.69) is 15.5 Å². The zero-order valence-corrected chi connectivity index (χ0v) is 14.6. The molecule has 0 saturated heterocycles. The van der Waals surface area contributed by atoms with E-state index in [1.54, 1.807) is 12.1 Å². The topological polar surface area (TPSA) is 81.8 Å². The van der Waals surface area contributed by atoms with Crippen molar-refractivity contribution in [3.8, 4) is 5.69 Å². The van der Waals surface area contributed by atoms with E-state index in [4.69, 9.17) is 0 Å². The minimum atomic E-state index is -4.50. The average Bonchev–Trinajstić information content (AvgIpc) is 3.15. The number of carbonyl (C=O) groups is 1. The second-order valence-corrected chi connectivity index (χ2v) is 6.06. The summed E-state index contributed by atoms with van der Waals surface area (Å²) in [7, 11) is 0. The van der Waals surface area contributed by atoms with Crippen molar-refractivity contribution < 1.29 is 18.0 Å². The Morgan fingerprint density at radius 2 is 1.69 bits per heavy atom. The third-order valence-corrected chi connectivity index (χ3v) is 4.19. The van der Waals surface area contributed by atoms with Gasteiger partial charge >= 0.3 is 6.18 Å². The van der Waals surface area contributed by atoms with Gasteiger partial charge in [-0.25, -0.2) is 14.3 Å². The van der Waals surface area contributed by atoms with E-state index in [0.29, 0.717) is 11.3 Å². The summed E-state index contributed by atoms with van der Waals surface area (Å²) in [6.07, 6.45) is -2.05. The molecule has 0 aliphatic heterocycles. The molecular formula is C19H12F3N5O2. The van der Waals surface area contributed by atoms with E-state index >= 15 is 0 Å².